The lowest BCUT2D eigenvalue weighted by molar-refractivity contribution is -0.121. The second-order valence-corrected chi connectivity index (χ2v) is 3.42. The summed E-state index contributed by atoms with van der Waals surface area (Å²) in [6.07, 6.45) is 1.38. The number of carbonyl (C=O) groups excluding carboxylic acids is 1. The summed E-state index contributed by atoms with van der Waals surface area (Å²) in [5.74, 6) is 0.730. The smallest absolute Gasteiger partial charge is 0.220 e. The van der Waals surface area contributed by atoms with Gasteiger partial charge in [-0.15, -0.1) is 0 Å². The molecule has 0 aromatic carbocycles. The molecule has 0 unspecified atom stereocenters. The normalized spacial score (nSPS) is 10.3. The van der Waals surface area contributed by atoms with Crippen LogP contribution >= 0.6 is 0 Å². The van der Waals surface area contributed by atoms with Crippen molar-refractivity contribution in [3.05, 3.63) is 17.5 Å². The van der Waals surface area contributed by atoms with Gasteiger partial charge >= 0.3 is 0 Å². The molecular formula is C10H17N3O2. The number of amides is 1. The molecule has 0 saturated carbocycles. The summed E-state index contributed by atoms with van der Waals surface area (Å²) in [5, 5.41) is 9.50. The third kappa shape index (κ3) is 4.60. The summed E-state index contributed by atoms with van der Waals surface area (Å²) in [7, 11) is 1.87. The van der Waals surface area contributed by atoms with Crippen LogP contribution in [0.15, 0.2) is 10.6 Å². The van der Waals surface area contributed by atoms with Crippen LogP contribution in [0.2, 0.25) is 0 Å². The lowest BCUT2D eigenvalue weighted by Crippen LogP contribution is -2.23. The highest BCUT2D eigenvalue weighted by Crippen LogP contribution is 2.01. The Morgan fingerprint density at radius 1 is 1.60 bits per heavy atom. The van der Waals surface area contributed by atoms with Crippen LogP contribution < -0.4 is 10.6 Å². The Hall–Kier alpha value is -1.36. The van der Waals surface area contributed by atoms with Crippen molar-refractivity contribution in [2.75, 3.05) is 13.6 Å². The van der Waals surface area contributed by atoms with Gasteiger partial charge < -0.3 is 15.2 Å². The van der Waals surface area contributed by atoms with Crippen LogP contribution in [0.3, 0.4) is 0 Å². The number of carbonyl (C=O) groups is 1. The number of nitrogens with one attached hydrogen (secondary N) is 2. The van der Waals surface area contributed by atoms with Gasteiger partial charge in [-0.2, -0.15) is 0 Å². The van der Waals surface area contributed by atoms with E-state index in [-0.39, 0.29) is 5.91 Å². The van der Waals surface area contributed by atoms with Gasteiger partial charge in [0, 0.05) is 12.5 Å². The van der Waals surface area contributed by atoms with Gasteiger partial charge in [-0.3, -0.25) is 4.79 Å². The average Bonchev–Trinajstić information content (AvgIpc) is 2.62. The molecule has 5 heteroatoms. The third-order valence-electron chi connectivity index (χ3n) is 1.97. The molecule has 0 fully saturated rings. The molecule has 15 heavy (non-hydrogen) atoms. The number of hydrogen-bond donors (Lipinski definition) is 2. The molecule has 1 aromatic rings. The summed E-state index contributed by atoms with van der Waals surface area (Å²) in [6, 6.07) is 1.81. The molecule has 0 atom stereocenters. The molecular weight excluding hydrogens is 194 g/mol. The summed E-state index contributed by atoms with van der Waals surface area (Å²) >= 11 is 0. The molecule has 1 aromatic heterocycles. The van der Waals surface area contributed by atoms with Crippen molar-refractivity contribution in [2.24, 2.45) is 0 Å². The number of aromatic nitrogens is 1. The van der Waals surface area contributed by atoms with Gasteiger partial charge in [0.1, 0.15) is 0 Å². The van der Waals surface area contributed by atoms with E-state index >= 15 is 0 Å². The SMILES string of the molecule is CNCCCC(=O)NCc1cc(C)no1. The maximum atomic E-state index is 11.3. The maximum absolute atomic E-state index is 11.3. The maximum Gasteiger partial charge on any atom is 0.220 e. The summed E-state index contributed by atoms with van der Waals surface area (Å²) in [6.45, 7) is 3.12. The molecule has 1 rings (SSSR count). The molecule has 0 saturated heterocycles. The Morgan fingerprint density at radius 2 is 2.40 bits per heavy atom. The van der Waals surface area contributed by atoms with Crippen molar-refractivity contribution in [1.82, 2.24) is 15.8 Å². The minimum atomic E-state index is 0.0410. The average molecular weight is 211 g/mol. The van der Waals surface area contributed by atoms with Crippen LogP contribution in [0.5, 0.6) is 0 Å². The summed E-state index contributed by atoms with van der Waals surface area (Å²) in [4.78, 5) is 11.3. The second-order valence-electron chi connectivity index (χ2n) is 3.42. The first-order valence-corrected chi connectivity index (χ1v) is 5.06. The van der Waals surface area contributed by atoms with Crippen molar-refractivity contribution in [2.45, 2.75) is 26.3 Å². The Balaban J connectivity index is 2.16. The minimum Gasteiger partial charge on any atom is -0.359 e. The van der Waals surface area contributed by atoms with Crippen LogP contribution in [-0.2, 0) is 11.3 Å². The van der Waals surface area contributed by atoms with E-state index in [0.717, 1.165) is 18.7 Å². The lowest BCUT2D eigenvalue weighted by Gasteiger charge is -2.02. The number of aryl methyl sites for hydroxylation is 1. The molecule has 0 bridgehead atoms. The van der Waals surface area contributed by atoms with Gasteiger partial charge in [-0.1, -0.05) is 5.16 Å². The Morgan fingerprint density at radius 3 is 3.00 bits per heavy atom. The summed E-state index contributed by atoms with van der Waals surface area (Å²) < 4.78 is 4.96. The first-order chi connectivity index (χ1) is 7.22. The third-order valence-corrected chi connectivity index (χ3v) is 1.97. The number of rotatable bonds is 6. The first kappa shape index (κ1) is 11.7. The largest absolute Gasteiger partial charge is 0.359 e. The lowest BCUT2D eigenvalue weighted by atomic mass is 10.3. The van der Waals surface area contributed by atoms with E-state index < -0.39 is 0 Å². The zero-order chi connectivity index (χ0) is 11.1. The van der Waals surface area contributed by atoms with Crippen molar-refractivity contribution in [3.63, 3.8) is 0 Å². The highest BCUT2D eigenvalue weighted by Gasteiger charge is 2.03. The Labute approximate surface area is 89.2 Å². The van der Waals surface area contributed by atoms with E-state index in [9.17, 15) is 4.79 Å². The van der Waals surface area contributed by atoms with Crippen molar-refractivity contribution in [1.29, 1.82) is 0 Å². The molecule has 1 amide bonds. The van der Waals surface area contributed by atoms with Crippen molar-refractivity contribution in [3.8, 4) is 0 Å². The van der Waals surface area contributed by atoms with Gasteiger partial charge in [0.25, 0.3) is 0 Å². The van der Waals surface area contributed by atoms with Gasteiger partial charge in [-0.25, -0.2) is 0 Å². The van der Waals surface area contributed by atoms with Crippen molar-refractivity contribution < 1.29 is 9.32 Å². The van der Waals surface area contributed by atoms with E-state index in [4.69, 9.17) is 4.52 Å². The Kier molecular flexibility index (Phi) is 4.83. The predicted octanol–water partition coefficient (Wildman–Crippen LogP) is 0.599. The molecule has 0 radical (unpaired) electrons. The molecule has 84 valence electrons. The molecule has 1 heterocycles. The fraction of sp³-hybridized carbons (Fsp3) is 0.600. The fourth-order valence-electron chi connectivity index (χ4n) is 1.20. The van der Waals surface area contributed by atoms with Gasteiger partial charge in [0.15, 0.2) is 5.76 Å². The minimum absolute atomic E-state index is 0.0410. The number of nitrogens with zero attached hydrogens (tertiary/aromatic N) is 1. The molecule has 0 aliphatic rings. The van der Waals surface area contributed by atoms with E-state index in [1.807, 2.05) is 20.0 Å². The zero-order valence-corrected chi connectivity index (χ0v) is 9.17. The molecule has 2 N–H and O–H groups in total. The monoisotopic (exact) mass is 211 g/mol. The fourth-order valence-corrected chi connectivity index (χ4v) is 1.20. The van der Waals surface area contributed by atoms with Crippen LogP contribution in [0.1, 0.15) is 24.3 Å². The van der Waals surface area contributed by atoms with Crippen LogP contribution in [-0.4, -0.2) is 24.7 Å². The molecule has 0 aliphatic carbocycles. The van der Waals surface area contributed by atoms with Crippen molar-refractivity contribution >= 4 is 5.91 Å². The van der Waals surface area contributed by atoms with E-state index in [0.29, 0.717) is 18.7 Å². The standard InChI is InChI=1S/C10H17N3O2/c1-8-6-9(15-13-8)7-12-10(14)4-3-5-11-2/h6,11H,3-5,7H2,1-2H3,(H,12,14). The van der Waals surface area contributed by atoms with Gasteiger partial charge in [-0.05, 0) is 26.9 Å². The first-order valence-electron chi connectivity index (χ1n) is 5.06. The highest BCUT2D eigenvalue weighted by molar-refractivity contribution is 5.75. The van der Waals surface area contributed by atoms with Crippen LogP contribution in [0, 0.1) is 6.92 Å². The van der Waals surface area contributed by atoms with E-state index in [2.05, 4.69) is 15.8 Å². The number of hydrogen-bond acceptors (Lipinski definition) is 4. The highest BCUT2D eigenvalue weighted by atomic mass is 16.5. The quantitative estimate of drug-likeness (QED) is 0.676. The summed E-state index contributed by atoms with van der Waals surface area (Å²) in [5.41, 5.74) is 0.828. The van der Waals surface area contributed by atoms with Gasteiger partial charge in [0.2, 0.25) is 5.91 Å². The molecule has 0 aliphatic heterocycles. The Bertz CT molecular complexity index is 309. The molecule has 0 spiro atoms. The van der Waals surface area contributed by atoms with E-state index in [1.165, 1.54) is 0 Å². The van der Waals surface area contributed by atoms with E-state index in [1.54, 1.807) is 0 Å². The second kappa shape index (κ2) is 6.19. The topological polar surface area (TPSA) is 67.2 Å². The molecule has 5 nitrogen and oxygen atoms in total. The zero-order valence-electron chi connectivity index (χ0n) is 9.17. The van der Waals surface area contributed by atoms with Crippen LogP contribution in [0.4, 0.5) is 0 Å². The van der Waals surface area contributed by atoms with Gasteiger partial charge in [0.05, 0.1) is 12.2 Å². The predicted molar refractivity (Wildman–Crippen MR) is 56.2 cm³/mol. The van der Waals surface area contributed by atoms with Crippen LogP contribution in [0.25, 0.3) is 0 Å².